The number of hydrogen-bond donors (Lipinski definition) is 0. The molecule has 6 rings (SSSR count). The van der Waals surface area contributed by atoms with Crippen molar-refractivity contribution in [2.45, 2.75) is 45.2 Å². The minimum absolute atomic E-state index is 0.557. The Kier molecular flexibility index (Phi) is 11.7. The molecule has 0 spiro atoms. The maximum Gasteiger partial charge on any atom is 0.118 e. The van der Waals surface area contributed by atoms with Crippen molar-refractivity contribution < 1.29 is 9.47 Å². The highest BCUT2D eigenvalue weighted by atomic mass is 16.5. The molecule has 1 aromatic heterocycles. The molecular weight excluding hydrogens is 627 g/mol. The summed E-state index contributed by atoms with van der Waals surface area (Å²) in [6.07, 6.45) is 5.93. The van der Waals surface area contributed by atoms with E-state index in [4.69, 9.17) is 9.47 Å². The monoisotopic (exact) mass is 675 g/mol. The van der Waals surface area contributed by atoms with Gasteiger partial charge >= 0.3 is 0 Å². The normalized spacial score (nSPS) is 11.2. The van der Waals surface area contributed by atoms with Crippen molar-refractivity contribution in [3.63, 3.8) is 0 Å². The van der Waals surface area contributed by atoms with Crippen LogP contribution in [-0.2, 0) is 18.5 Å². The largest absolute Gasteiger partial charge is 0.497 e. The van der Waals surface area contributed by atoms with Gasteiger partial charge in [0.2, 0.25) is 0 Å². The Hall–Kier alpha value is -5.55. The van der Waals surface area contributed by atoms with E-state index in [1.165, 1.54) is 44.8 Å². The van der Waals surface area contributed by atoms with Gasteiger partial charge in [0.1, 0.15) is 11.5 Å². The van der Waals surface area contributed by atoms with Gasteiger partial charge in [-0.05, 0) is 107 Å². The van der Waals surface area contributed by atoms with E-state index in [2.05, 4.69) is 144 Å². The highest BCUT2D eigenvalue weighted by molar-refractivity contribution is 5.63. The van der Waals surface area contributed by atoms with Crippen molar-refractivity contribution in [3.05, 3.63) is 185 Å². The summed E-state index contributed by atoms with van der Waals surface area (Å²) in [5.74, 6) is 1.75. The van der Waals surface area contributed by atoms with Crippen molar-refractivity contribution in [1.29, 1.82) is 0 Å². The first-order valence-corrected chi connectivity index (χ1v) is 18.0. The van der Waals surface area contributed by atoms with Crippen molar-refractivity contribution >= 4 is 11.4 Å². The summed E-state index contributed by atoms with van der Waals surface area (Å²) in [4.78, 5) is 9.35. The first kappa shape index (κ1) is 35.3. The van der Waals surface area contributed by atoms with Crippen LogP contribution in [0.25, 0.3) is 0 Å². The highest BCUT2D eigenvalue weighted by Gasteiger charge is 2.38. The first-order chi connectivity index (χ1) is 25.1. The standard InChI is InChI=1S/C46H49N3O2/c1-5-32-48(34-36-12-24-44(50-3)25-13-36)42-20-16-39(17-21-42)46(38-10-8-7-9-11-38,41-28-30-47-31-29-41)40-18-22-43(23-19-40)49(33-6-2)35-37-14-26-45(51-4)27-15-37/h7-31H,5-6,32-35H2,1-4H3. The molecule has 6 aromatic rings. The molecule has 0 bridgehead atoms. The zero-order valence-corrected chi connectivity index (χ0v) is 30.3. The molecule has 0 fully saturated rings. The second-order valence-corrected chi connectivity index (χ2v) is 13.0. The Labute approximate surface area is 304 Å². The van der Waals surface area contributed by atoms with Crippen molar-refractivity contribution in [3.8, 4) is 11.5 Å². The number of hydrogen-bond acceptors (Lipinski definition) is 5. The molecule has 5 heteroatoms. The molecule has 5 aromatic carbocycles. The van der Waals surface area contributed by atoms with Crippen LogP contribution in [0.2, 0.25) is 0 Å². The molecule has 0 radical (unpaired) electrons. The van der Waals surface area contributed by atoms with Crippen LogP contribution >= 0.6 is 0 Å². The van der Waals surface area contributed by atoms with Crippen molar-refractivity contribution in [2.75, 3.05) is 37.1 Å². The quantitative estimate of drug-likeness (QED) is 0.0955. The number of nitrogens with zero attached hydrogens (tertiary/aromatic N) is 3. The van der Waals surface area contributed by atoms with E-state index in [9.17, 15) is 0 Å². The summed E-state index contributed by atoms with van der Waals surface area (Å²) in [6, 6.07) is 50.4. The molecule has 0 unspecified atom stereocenters. The lowest BCUT2D eigenvalue weighted by atomic mass is 9.65. The third-order valence-corrected chi connectivity index (χ3v) is 9.70. The molecular formula is C46H49N3O2. The summed E-state index contributed by atoms with van der Waals surface area (Å²) in [5.41, 5.74) is 9.18. The molecule has 0 saturated heterocycles. The fourth-order valence-corrected chi connectivity index (χ4v) is 7.18. The minimum atomic E-state index is -0.557. The van der Waals surface area contributed by atoms with Crippen LogP contribution in [0.1, 0.15) is 60.1 Å². The molecule has 0 saturated carbocycles. The Balaban J connectivity index is 1.41. The van der Waals surface area contributed by atoms with E-state index in [0.29, 0.717) is 0 Å². The SMILES string of the molecule is CCCN(Cc1ccc(OC)cc1)c1ccc(C(c2ccccc2)(c2ccncc2)c2ccc(N(CCC)Cc3ccc(OC)cc3)cc2)cc1. The van der Waals surface area contributed by atoms with Crippen LogP contribution < -0.4 is 19.3 Å². The van der Waals surface area contributed by atoms with Gasteiger partial charge < -0.3 is 19.3 Å². The summed E-state index contributed by atoms with van der Waals surface area (Å²) < 4.78 is 10.8. The number of ether oxygens (including phenoxy) is 2. The Morgan fingerprint density at radius 1 is 0.471 bits per heavy atom. The summed E-state index contributed by atoms with van der Waals surface area (Å²) >= 11 is 0. The van der Waals surface area contributed by atoms with Gasteiger partial charge in [-0.25, -0.2) is 0 Å². The summed E-state index contributed by atoms with van der Waals surface area (Å²) in [7, 11) is 3.42. The Morgan fingerprint density at radius 3 is 1.25 bits per heavy atom. The number of pyridine rings is 1. The van der Waals surface area contributed by atoms with Crippen molar-refractivity contribution in [1.82, 2.24) is 4.98 Å². The third kappa shape index (κ3) is 7.94. The molecule has 0 aliphatic heterocycles. The molecule has 1 heterocycles. The molecule has 0 amide bonds. The summed E-state index contributed by atoms with van der Waals surface area (Å²) in [6.45, 7) is 8.07. The van der Waals surface area contributed by atoms with Gasteiger partial charge in [-0.2, -0.15) is 0 Å². The van der Waals surface area contributed by atoms with Gasteiger partial charge in [0, 0.05) is 49.9 Å². The van der Waals surface area contributed by atoms with E-state index in [-0.39, 0.29) is 0 Å². The van der Waals surface area contributed by atoms with E-state index in [1.54, 1.807) is 14.2 Å². The van der Waals surface area contributed by atoms with E-state index >= 15 is 0 Å². The summed E-state index contributed by atoms with van der Waals surface area (Å²) in [5, 5.41) is 0. The van der Waals surface area contributed by atoms with Gasteiger partial charge in [0.05, 0.1) is 19.6 Å². The minimum Gasteiger partial charge on any atom is -0.497 e. The molecule has 0 N–H and O–H groups in total. The van der Waals surface area contributed by atoms with Crippen molar-refractivity contribution in [2.24, 2.45) is 0 Å². The second-order valence-electron chi connectivity index (χ2n) is 13.0. The van der Waals surface area contributed by atoms with Gasteiger partial charge in [0.25, 0.3) is 0 Å². The van der Waals surface area contributed by atoms with Gasteiger partial charge in [-0.1, -0.05) is 92.7 Å². The van der Waals surface area contributed by atoms with Crippen LogP contribution in [0.3, 0.4) is 0 Å². The average molecular weight is 676 g/mol. The lowest BCUT2D eigenvalue weighted by molar-refractivity contribution is 0.414. The number of rotatable bonds is 16. The predicted molar refractivity (Wildman–Crippen MR) is 211 cm³/mol. The molecule has 0 atom stereocenters. The maximum atomic E-state index is 5.40. The Morgan fingerprint density at radius 2 is 0.863 bits per heavy atom. The lowest BCUT2D eigenvalue weighted by Crippen LogP contribution is -2.31. The molecule has 5 nitrogen and oxygen atoms in total. The number of methoxy groups -OCH3 is 2. The fraction of sp³-hybridized carbons (Fsp3) is 0.239. The van der Waals surface area contributed by atoms with Gasteiger partial charge in [0.15, 0.2) is 0 Å². The number of aromatic nitrogens is 1. The fourth-order valence-electron chi connectivity index (χ4n) is 7.18. The smallest absolute Gasteiger partial charge is 0.118 e. The Bertz CT molecular complexity index is 1760. The van der Waals surface area contributed by atoms with Crippen LogP contribution in [0, 0.1) is 0 Å². The predicted octanol–water partition coefficient (Wildman–Crippen LogP) is 10.3. The molecule has 51 heavy (non-hydrogen) atoms. The van der Waals surface area contributed by atoms with Gasteiger partial charge in [-0.3, -0.25) is 4.98 Å². The van der Waals surface area contributed by atoms with Gasteiger partial charge in [-0.15, -0.1) is 0 Å². The van der Waals surface area contributed by atoms with Crippen LogP contribution in [-0.4, -0.2) is 32.3 Å². The maximum absolute atomic E-state index is 5.40. The van der Waals surface area contributed by atoms with Crippen LogP contribution in [0.4, 0.5) is 11.4 Å². The zero-order valence-electron chi connectivity index (χ0n) is 30.3. The highest BCUT2D eigenvalue weighted by Crippen LogP contribution is 2.46. The molecule has 0 aliphatic rings. The number of anilines is 2. The van der Waals surface area contributed by atoms with Crippen LogP contribution in [0.15, 0.2) is 152 Å². The average Bonchev–Trinajstić information content (AvgIpc) is 3.20. The van der Waals surface area contributed by atoms with E-state index in [0.717, 1.165) is 50.5 Å². The van der Waals surface area contributed by atoms with E-state index < -0.39 is 5.41 Å². The molecule has 260 valence electrons. The first-order valence-electron chi connectivity index (χ1n) is 18.0. The second kappa shape index (κ2) is 16.9. The molecule has 0 aliphatic carbocycles. The van der Waals surface area contributed by atoms with E-state index in [1.807, 2.05) is 36.7 Å². The van der Waals surface area contributed by atoms with Crippen LogP contribution in [0.5, 0.6) is 11.5 Å². The number of benzene rings is 5. The zero-order chi connectivity index (χ0) is 35.5. The lowest BCUT2D eigenvalue weighted by Gasteiger charge is -2.37. The third-order valence-electron chi connectivity index (χ3n) is 9.70. The topological polar surface area (TPSA) is 37.8 Å².